The van der Waals surface area contributed by atoms with E-state index in [9.17, 15) is 0 Å². The van der Waals surface area contributed by atoms with Crippen LogP contribution in [0.15, 0.2) is 29.0 Å². The smallest absolute Gasteiger partial charge is 0.178 e. The number of nitrogens with one attached hydrogen (secondary N) is 1. The van der Waals surface area contributed by atoms with Gasteiger partial charge in [-0.25, -0.2) is 9.97 Å². The number of fused-ring (bicyclic) bond motifs is 1. The first-order valence-electron chi connectivity index (χ1n) is 5.10. The van der Waals surface area contributed by atoms with Crippen LogP contribution in [-0.4, -0.2) is 15.0 Å². The fourth-order valence-corrected chi connectivity index (χ4v) is 1.71. The number of aromatic nitrogens is 3. The number of imidazole rings is 1. The quantitative estimate of drug-likeness (QED) is 0.676. The van der Waals surface area contributed by atoms with E-state index in [0.29, 0.717) is 0 Å². The second-order valence-electron chi connectivity index (χ2n) is 3.92. The monoisotopic (exact) mass is 213 g/mol. The van der Waals surface area contributed by atoms with Crippen LogP contribution in [0.3, 0.4) is 0 Å². The highest BCUT2D eigenvalue weighted by atomic mass is 16.3. The van der Waals surface area contributed by atoms with Crippen LogP contribution in [0.4, 0.5) is 0 Å². The van der Waals surface area contributed by atoms with Crippen molar-refractivity contribution in [3.05, 3.63) is 35.9 Å². The van der Waals surface area contributed by atoms with Crippen molar-refractivity contribution >= 4 is 11.2 Å². The number of hydrogen-bond donors (Lipinski definition) is 1. The lowest BCUT2D eigenvalue weighted by Crippen LogP contribution is -1.77. The molecule has 3 rings (SSSR count). The third-order valence-electron chi connectivity index (χ3n) is 2.48. The van der Waals surface area contributed by atoms with Gasteiger partial charge in [0.15, 0.2) is 5.65 Å². The number of H-pyrrole nitrogens is 1. The van der Waals surface area contributed by atoms with Crippen molar-refractivity contribution in [1.82, 2.24) is 15.0 Å². The van der Waals surface area contributed by atoms with Crippen LogP contribution >= 0.6 is 0 Å². The minimum absolute atomic E-state index is 0.736. The molecule has 0 aliphatic rings. The Morgan fingerprint density at radius 3 is 2.88 bits per heavy atom. The lowest BCUT2D eigenvalue weighted by Gasteiger charge is -1.88. The number of hydrogen-bond acceptors (Lipinski definition) is 3. The zero-order chi connectivity index (χ0) is 11.1. The first-order valence-corrected chi connectivity index (χ1v) is 5.10. The van der Waals surface area contributed by atoms with Crippen LogP contribution < -0.4 is 0 Å². The number of aromatic amines is 1. The molecule has 80 valence electrons. The molecule has 0 aliphatic carbocycles. The van der Waals surface area contributed by atoms with E-state index in [1.807, 2.05) is 32.2 Å². The summed E-state index contributed by atoms with van der Waals surface area (Å²) in [7, 11) is 0. The lowest BCUT2D eigenvalue weighted by molar-refractivity contribution is 0.534. The van der Waals surface area contributed by atoms with Gasteiger partial charge in [0.25, 0.3) is 0 Å². The average Bonchev–Trinajstić information content (AvgIpc) is 2.83. The average molecular weight is 213 g/mol. The second kappa shape index (κ2) is 3.20. The highest BCUT2D eigenvalue weighted by Crippen LogP contribution is 2.21. The number of rotatable bonds is 1. The van der Waals surface area contributed by atoms with Gasteiger partial charge in [0.1, 0.15) is 17.8 Å². The summed E-state index contributed by atoms with van der Waals surface area (Å²) in [5.41, 5.74) is 3.76. The third kappa shape index (κ3) is 1.39. The molecule has 1 N–H and O–H groups in total. The lowest BCUT2D eigenvalue weighted by atomic mass is 10.3. The largest absolute Gasteiger partial charge is 0.469 e. The zero-order valence-electron chi connectivity index (χ0n) is 9.11. The Hall–Kier alpha value is -2.10. The van der Waals surface area contributed by atoms with Crippen LogP contribution in [-0.2, 0) is 0 Å². The Morgan fingerprint density at radius 1 is 1.25 bits per heavy atom. The van der Waals surface area contributed by atoms with Crippen molar-refractivity contribution in [3.63, 3.8) is 0 Å². The summed E-state index contributed by atoms with van der Waals surface area (Å²) in [6.45, 7) is 3.92. The minimum atomic E-state index is 0.736. The van der Waals surface area contributed by atoms with Gasteiger partial charge in [-0.3, -0.25) is 0 Å². The van der Waals surface area contributed by atoms with Crippen molar-refractivity contribution in [1.29, 1.82) is 0 Å². The molecule has 0 unspecified atom stereocenters. The molecule has 0 radical (unpaired) electrons. The van der Waals surface area contributed by atoms with Crippen LogP contribution in [0.1, 0.15) is 11.3 Å². The molecule has 0 saturated heterocycles. The SMILES string of the molecule is Cc1cnc2nc(-c3coc(C)c3)[nH]c2c1. The first kappa shape index (κ1) is 9.15. The fraction of sp³-hybridized carbons (Fsp3) is 0.167. The van der Waals surface area contributed by atoms with Gasteiger partial charge in [-0.2, -0.15) is 0 Å². The molecule has 4 heteroatoms. The number of aryl methyl sites for hydroxylation is 2. The molecule has 0 aliphatic heterocycles. The fourth-order valence-electron chi connectivity index (χ4n) is 1.71. The first-order chi connectivity index (χ1) is 7.72. The Bertz CT molecular complexity index is 651. The molecule has 3 heterocycles. The predicted octanol–water partition coefficient (Wildman–Crippen LogP) is 2.83. The summed E-state index contributed by atoms with van der Waals surface area (Å²) >= 11 is 0. The van der Waals surface area contributed by atoms with E-state index in [2.05, 4.69) is 15.0 Å². The number of nitrogens with zero attached hydrogens (tertiary/aromatic N) is 2. The van der Waals surface area contributed by atoms with E-state index in [0.717, 1.165) is 33.9 Å². The van der Waals surface area contributed by atoms with Crippen molar-refractivity contribution in [2.75, 3.05) is 0 Å². The molecule has 16 heavy (non-hydrogen) atoms. The number of pyridine rings is 1. The summed E-state index contributed by atoms with van der Waals surface area (Å²) in [6.07, 6.45) is 3.51. The summed E-state index contributed by atoms with van der Waals surface area (Å²) in [5.74, 6) is 1.67. The molecule has 0 amide bonds. The number of furan rings is 1. The van der Waals surface area contributed by atoms with Crippen molar-refractivity contribution in [3.8, 4) is 11.4 Å². The van der Waals surface area contributed by atoms with Crippen molar-refractivity contribution in [2.24, 2.45) is 0 Å². The van der Waals surface area contributed by atoms with Gasteiger partial charge >= 0.3 is 0 Å². The normalized spacial score (nSPS) is 11.1. The second-order valence-corrected chi connectivity index (χ2v) is 3.92. The molecule has 4 nitrogen and oxygen atoms in total. The summed E-state index contributed by atoms with van der Waals surface area (Å²) < 4.78 is 5.26. The predicted molar refractivity (Wildman–Crippen MR) is 61.1 cm³/mol. The highest BCUT2D eigenvalue weighted by molar-refractivity contribution is 5.76. The summed E-state index contributed by atoms with van der Waals surface area (Å²) in [6, 6.07) is 3.98. The molecule has 0 spiro atoms. The maximum Gasteiger partial charge on any atom is 0.178 e. The molecule has 0 saturated carbocycles. The molecular formula is C12H11N3O. The van der Waals surface area contributed by atoms with E-state index in [1.54, 1.807) is 6.26 Å². The van der Waals surface area contributed by atoms with Crippen LogP contribution in [0.25, 0.3) is 22.6 Å². The molecule has 0 aromatic carbocycles. The van der Waals surface area contributed by atoms with E-state index >= 15 is 0 Å². The van der Waals surface area contributed by atoms with Crippen molar-refractivity contribution in [2.45, 2.75) is 13.8 Å². The molecule has 3 aromatic heterocycles. The van der Waals surface area contributed by atoms with Crippen LogP contribution in [0.5, 0.6) is 0 Å². The topological polar surface area (TPSA) is 54.7 Å². The van der Waals surface area contributed by atoms with E-state index in [-0.39, 0.29) is 0 Å². The third-order valence-corrected chi connectivity index (χ3v) is 2.48. The Labute approximate surface area is 92.3 Å². The summed E-state index contributed by atoms with van der Waals surface area (Å²) in [5, 5.41) is 0. The van der Waals surface area contributed by atoms with E-state index in [1.165, 1.54) is 0 Å². The molecule has 0 fully saturated rings. The molecule has 0 bridgehead atoms. The maximum atomic E-state index is 5.26. The van der Waals surface area contributed by atoms with Gasteiger partial charge in [-0.15, -0.1) is 0 Å². The minimum Gasteiger partial charge on any atom is -0.469 e. The van der Waals surface area contributed by atoms with Gasteiger partial charge in [0.05, 0.1) is 11.1 Å². The van der Waals surface area contributed by atoms with Gasteiger partial charge < -0.3 is 9.40 Å². The van der Waals surface area contributed by atoms with Gasteiger partial charge in [0.2, 0.25) is 0 Å². The zero-order valence-corrected chi connectivity index (χ0v) is 9.11. The standard InChI is InChI=1S/C12H11N3O/c1-7-3-10-12(13-5-7)15-11(14-10)9-4-8(2)16-6-9/h3-6H,1-2H3,(H,13,14,15). The molecule has 3 aromatic rings. The van der Waals surface area contributed by atoms with Crippen LogP contribution in [0.2, 0.25) is 0 Å². The Balaban J connectivity index is 2.18. The van der Waals surface area contributed by atoms with Gasteiger partial charge in [0, 0.05) is 6.20 Å². The van der Waals surface area contributed by atoms with Crippen molar-refractivity contribution < 1.29 is 4.42 Å². The highest BCUT2D eigenvalue weighted by Gasteiger charge is 2.08. The van der Waals surface area contributed by atoms with Crippen LogP contribution in [0, 0.1) is 13.8 Å². The molecular weight excluding hydrogens is 202 g/mol. The Kier molecular flexibility index (Phi) is 1.83. The Morgan fingerprint density at radius 2 is 2.12 bits per heavy atom. The molecule has 0 atom stereocenters. The maximum absolute atomic E-state index is 5.26. The van der Waals surface area contributed by atoms with Gasteiger partial charge in [-0.05, 0) is 31.5 Å². The van der Waals surface area contributed by atoms with E-state index in [4.69, 9.17) is 4.42 Å². The van der Waals surface area contributed by atoms with E-state index < -0.39 is 0 Å². The van der Waals surface area contributed by atoms with Gasteiger partial charge in [-0.1, -0.05) is 0 Å². The summed E-state index contributed by atoms with van der Waals surface area (Å²) in [4.78, 5) is 11.9.